The number of carbonyl (C=O) groups is 1. The molecule has 4 rings (SSSR count). The van der Waals surface area contributed by atoms with Crippen LogP contribution >= 0.6 is 27.7 Å². The van der Waals surface area contributed by atoms with Gasteiger partial charge in [0, 0.05) is 22.6 Å². The molecule has 0 atom stereocenters. The molecule has 0 fully saturated rings. The third-order valence-corrected chi connectivity index (χ3v) is 6.90. The zero-order valence-corrected chi connectivity index (χ0v) is 19.2. The first-order valence-corrected chi connectivity index (χ1v) is 12.0. The van der Waals surface area contributed by atoms with E-state index in [2.05, 4.69) is 34.7 Å². The smallest absolute Gasteiger partial charge is 0.264 e. The maximum Gasteiger partial charge on any atom is 0.264 e. The molecule has 0 radical (unpaired) electrons. The number of carbonyl (C=O) groups excluding carboxylic acids is 1. The maximum atomic E-state index is 13.8. The molecule has 1 aromatic heterocycles. The van der Waals surface area contributed by atoms with Crippen LogP contribution in [0.3, 0.4) is 0 Å². The SMILES string of the molecule is O=C(NCc1ccc(F)cc1F)c1ccc(Br)cc1NS(=O)(=O)c1cccc2nsnc12. The zero-order chi connectivity index (χ0) is 22.9. The Hall–Kier alpha value is -2.96. The van der Waals surface area contributed by atoms with Crippen molar-refractivity contribution in [1.29, 1.82) is 0 Å². The number of hydrogen-bond acceptors (Lipinski definition) is 6. The van der Waals surface area contributed by atoms with Crippen molar-refractivity contribution in [2.45, 2.75) is 11.4 Å². The molecule has 0 saturated carbocycles. The normalized spacial score (nSPS) is 11.5. The summed E-state index contributed by atoms with van der Waals surface area (Å²) in [5, 5.41) is 2.51. The van der Waals surface area contributed by atoms with E-state index in [9.17, 15) is 22.0 Å². The standard InChI is InChI=1S/C20H13BrF2N4O3S2/c21-12-5-7-14(20(28)24-10-11-4-6-13(22)9-15(11)23)17(8-12)27-32(29,30)18-3-1-2-16-19(18)26-31-25-16/h1-9,27H,10H2,(H,24,28). The predicted molar refractivity (Wildman–Crippen MR) is 120 cm³/mol. The lowest BCUT2D eigenvalue weighted by Gasteiger charge is -2.14. The lowest BCUT2D eigenvalue weighted by atomic mass is 10.1. The Labute approximate surface area is 194 Å². The Morgan fingerprint density at radius 2 is 1.88 bits per heavy atom. The van der Waals surface area contributed by atoms with E-state index >= 15 is 0 Å². The van der Waals surface area contributed by atoms with E-state index in [1.807, 2.05) is 0 Å². The van der Waals surface area contributed by atoms with Gasteiger partial charge in [-0.1, -0.05) is 28.1 Å². The van der Waals surface area contributed by atoms with Crippen molar-refractivity contribution < 1.29 is 22.0 Å². The Morgan fingerprint density at radius 1 is 1.06 bits per heavy atom. The molecule has 0 bridgehead atoms. The Balaban J connectivity index is 1.62. The third-order valence-electron chi connectivity index (χ3n) is 4.46. The second-order valence-electron chi connectivity index (χ2n) is 6.60. The molecule has 0 aliphatic carbocycles. The fraction of sp³-hybridized carbons (Fsp3) is 0.0500. The molecule has 1 amide bonds. The fourth-order valence-corrected chi connectivity index (χ4v) is 5.13. The van der Waals surface area contributed by atoms with Crippen LogP contribution in [0.1, 0.15) is 15.9 Å². The second kappa shape index (κ2) is 8.88. The summed E-state index contributed by atoms with van der Waals surface area (Å²) in [5.41, 5.74) is 0.769. The summed E-state index contributed by atoms with van der Waals surface area (Å²) in [6.45, 7) is -0.211. The van der Waals surface area contributed by atoms with Crippen molar-refractivity contribution in [1.82, 2.24) is 14.1 Å². The quantitative estimate of drug-likeness (QED) is 0.377. The number of amides is 1. The van der Waals surface area contributed by atoms with Gasteiger partial charge < -0.3 is 5.32 Å². The van der Waals surface area contributed by atoms with Crippen molar-refractivity contribution in [2.24, 2.45) is 0 Å². The molecule has 164 valence electrons. The molecular weight excluding hydrogens is 526 g/mol. The van der Waals surface area contributed by atoms with E-state index < -0.39 is 27.6 Å². The van der Waals surface area contributed by atoms with Crippen molar-refractivity contribution in [3.63, 3.8) is 0 Å². The average Bonchev–Trinajstić information content (AvgIpc) is 3.21. The van der Waals surface area contributed by atoms with Gasteiger partial charge in [-0.05, 0) is 36.4 Å². The van der Waals surface area contributed by atoms with Gasteiger partial charge in [-0.3, -0.25) is 9.52 Å². The van der Waals surface area contributed by atoms with E-state index in [0.29, 0.717) is 16.1 Å². The van der Waals surface area contributed by atoms with Crippen molar-refractivity contribution >= 4 is 60.3 Å². The number of rotatable bonds is 6. The van der Waals surface area contributed by atoms with Crippen LogP contribution in [-0.4, -0.2) is 23.1 Å². The van der Waals surface area contributed by atoms with Crippen LogP contribution in [0.5, 0.6) is 0 Å². The van der Waals surface area contributed by atoms with E-state index in [0.717, 1.165) is 17.8 Å². The Kier molecular flexibility index (Phi) is 6.17. The first-order chi connectivity index (χ1) is 15.2. The Morgan fingerprint density at radius 3 is 2.66 bits per heavy atom. The highest BCUT2D eigenvalue weighted by Gasteiger charge is 2.23. The maximum absolute atomic E-state index is 13.8. The molecule has 7 nitrogen and oxygen atoms in total. The van der Waals surface area contributed by atoms with Crippen LogP contribution in [0.15, 0.2) is 64.0 Å². The summed E-state index contributed by atoms with van der Waals surface area (Å²) in [6.07, 6.45) is 0. The van der Waals surface area contributed by atoms with Crippen LogP contribution in [0.4, 0.5) is 14.5 Å². The second-order valence-corrected chi connectivity index (χ2v) is 9.70. The van der Waals surface area contributed by atoms with Gasteiger partial charge in [0.1, 0.15) is 27.6 Å². The number of benzene rings is 3. The van der Waals surface area contributed by atoms with Gasteiger partial charge in [-0.15, -0.1) is 0 Å². The minimum Gasteiger partial charge on any atom is -0.348 e. The molecule has 4 aromatic rings. The predicted octanol–water partition coefficient (Wildman–Crippen LogP) is 4.46. The summed E-state index contributed by atoms with van der Waals surface area (Å²) in [7, 11) is -4.11. The van der Waals surface area contributed by atoms with Crippen LogP contribution in [0.25, 0.3) is 11.0 Å². The number of aromatic nitrogens is 2. The van der Waals surface area contributed by atoms with Gasteiger partial charge in [-0.2, -0.15) is 8.75 Å². The van der Waals surface area contributed by atoms with Crippen LogP contribution < -0.4 is 10.0 Å². The van der Waals surface area contributed by atoms with Crippen LogP contribution in [0.2, 0.25) is 0 Å². The van der Waals surface area contributed by atoms with Gasteiger partial charge in [-0.25, -0.2) is 17.2 Å². The highest BCUT2D eigenvalue weighted by Crippen LogP contribution is 2.27. The lowest BCUT2D eigenvalue weighted by Crippen LogP contribution is -2.25. The number of halogens is 3. The summed E-state index contributed by atoms with van der Waals surface area (Å²) < 4.78 is 64.0. The molecule has 0 aliphatic rings. The minimum absolute atomic E-state index is 0.0108. The van der Waals surface area contributed by atoms with Gasteiger partial charge in [0.05, 0.1) is 23.0 Å². The monoisotopic (exact) mass is 538 g/mol. The largest absolute Gasteiger partial charge is 0.348 e. The number of anilines is 1. The van der Waals surface area contributed by atoms with Crippen LogP contribution in [-0.2, 0) is 16.6 Å². The van der Waals surface area contributed by atoms with E-state index in [-0.39, 0.29) is 33.8 Å². The number of hydrogen-bond donors (Lipinski definition) is 2. The van der Waals surface area contributed by atoms with Crippen LogP contribution in [0, 0.1) is 11.6 Å². The Bertz CT molecular complexity index is 1440. The number of nitrogens with zero attached hydrogens (tertiary/aromatic N) is 2. The van der Waals surface area contributed by atoms with Gasteiger partial charge in [0.15, 0.2) is 0 Å². The van der Waals surface area contributed by atoms with E-state index in [4.69, 9.17) is 0 Å². The topological polar surface area (TPSA) is 101 Å². The van der Waals surface area contributed by atoms with E-state index in [1.165, 1.54) is 24.3 Å². The molecule has 12 heteroatoms. The van der Waals surface area contributed by atoms with Gasteiger partial charge in [0.25, 0.3) is 15.9 Å². The molecular formula is C20H13BrF2N4O3S2. The lowest BCUT2D eigenvalue weighted by molar-refractivity contribution is 0.0951. The summed E-state index contributed by atoms with van der Waals surface area (Å²) in [6, 6.07) is 12.0. The average molecular weight is 539 g/mol. The molecule has 0 unspecified atom stereocenters. The zero-order valence-electron chi connectivity index (χ0n) is 16.0. The third kappa shape index (κ3) is 4.61. The van der Waals surface area contributed by atoms with Crippen molar-refractivity contribution in [3.8, 4) is 0 Å². The molecule has 0 aliphatic heterocycles. The molecule has 0 spiro atoms. The molecule has 0 saturated heterocycles. The summed E-state index contributed by atoms with van der Waals surface area (Å²) >= 11 is 4.15. The summed E-state index contributed by atoms with van der Waals surface area (Å²) in [5.74, 6) is -2.17. The first kappa shape index (κ1) is 22.2. The molecule has 2 N–H and O–H groups in total. The first-order valence-electron chi connectivity index (χ1n) is 9.00. The van der Waals surface area contributed by atoms with E-state index in [1.54, 1.807) is 18.2 Å². The highest BCUT2D eigenvalue weighted by atomic mass is 79.9. The number of fused-ring (bicyclic) bond motifs is 1. The van der Waals surface area contributed by atoms with Gasteiger partial charge in [0.2, 0.25) is 0 Å². The molecule has 1 heterocycles. The number of sulfonamides is 1. The van der Waals surface area contributed by atoms with Gasteiger partial charge >= 0.3 is 0 Å². The minimum atomic E-state index is -4.11. The number of nitrogens with one attached hydrogen (secondary N) is 2. The summed E-state index contributed by atoms with van der Waals surface area (Å²) in [4.78, 5) is 12.7. The molecule has 3 aromatic carbocycles. The van der Waals surface area contributed by atoms with Crippen molar-refractivity contribution in [3.05, 3.63) is 81.8 Å². The highest BCUT2D eigenvalue weighted by molar-refractivity contribution is 9.10. The fourth-order valence-electron chi connectivity index (χ4n) is 2.93. The molecule has 32 heavy (non-hydrogen) atoms. The van der Waals surface area contributed by atoms with Crippen molar-refractivity contribution in [2.75, 3.05) is 4.72 Å².